The molecular formula is C15H17Cl2N3. The SMILES string of the molecule is CC1(C)CCCc2nn(-c3ccc(Cl)c(Cl)c3)c(N)c21. The first kappa shape index (κ1) is 13.8. The highest BCUT2D eigenvalue weighted by Crippen LogP contribution is 2.40. The molecule has 1 aromatic heterocycles. The van der Waals surface area contributed by atoms with Crippen molar-refractivity contribution in [1.82, 2.24) is 9.78 Å². The first-order chi connectivity index (χ1) is 9.40. The maximum absolute atomic E-state index is 6.34. The highest BCUT2D eigenvalue weighted by Gasteiger charge is 2.33. The van der Waals surface area contributed by atoms with Gasteiger partial charge in [0.2, 0.25) is 0 Å². The fourth-order valence-corrected chi connectivity index (χ4v) is 3.32. The number of aromatic nitrogens is 2. The molecule has 106 valence electrons. The number of halogens is 2. The first-order valence-corrected chi connectivity index (χ1v) is 7.49. The fourth-order valence-electron chi connectivity index (χ4n) is 3.03. The summed E-state index contributed by atoms with van der Waals surface area (Å²) in [6.07, 6.45) is 3.27. The number of nitrogens with zero attached hydrogens (tertiary/aromatic N) is 2. The van der Waals surface area contributed by atoms with Crippen molar-refractivity contribution in [2.75, 3.05) is 5.73 Å². The molecule has 0 saturated heterocycles. The molecule has 0 radical (unpaired) electrons. The number of nitrogen functional groups attached to an aromatic ring is 1. The number of aryl methyl sites for hydroxylation is 1. The van der Waals surface area contributed by atoms with Crippen molar-refractivity contribution < 1.29 is 0 Å². The average Bonchev–Trinajstić information content (AvgIpc) is 2.71. The molecule has 0 bridgehead atoms. The summed E-state index contributed by atoms with van der Waals surface area (Å²) in [4.78, 5) is 0. The Morgan fingerprint density at radius 1 is 1.25 bits per heavy atom. The van der Waals surface area contributed by atoms with Gasteiger partial charge in [-0.1, -0.05) is 37.0 Å². The van der Waals surface area contributed by atoms with E-state index >= 15 is 0 Å². The van der Waals surface area contributed by atoms with E-state index < -0.39 is 0 Å². The summed E-state index contributed by atoms with van der Waals surface area (Å²) in [7, 11) is 0. The number of benzene rings is 1. The third kappa shape index (κ3) is 2.09. The van der Waals surface area contributed by atoms with Crippen LogP contribution in [0.4, 0.5) is 5.82 Å². The van der Waals surface area contributed by atoms with Gasteiger partial charge in [-0.15, -0.1) is 0 Å². The normalized spacial score (nSPS) is 17.0. The van der Waals surface area contributed by atoms with Crippen LogP contribution in [-0.2, 0) is 11.8 Å². The molecule has 0 atom stereocenters. The number of rotatable bonds is 1. The van der Waals surface area contributed by atoms with E-state index in [0.717, 1.165) is 30.6 Å². The maximum Gasteiger partial charge on any atom is 0.131 e. The number of hydrogen-bond donors (Lipinski definition) is 1. The zero-order chi connectivity index (χ0) is 14.5. The Bertz CT molecular complexity index is 674. The van der Waals surface area contributed by atoms with Crippen molar-refractivity contribution in [3.63, 3.8) is 0 Å². The third-order valence-corrected chi connectivity index (χ3v) is 4.77. The summed E-state index contributed by atoms with van der Waals surface area (Å²) < 4.78 is 1.78. The van der Waals surface area contributed by atoms with Crippen molar-refractivity contribution in [1.29, 1.82) is 0 Å². The average molecular weight is 310 g/mol. The van der Waals surface area contributed by atoms with Crippen LogP contribution >= 0.6 is 23.2 Å². The van der Waals surface area contributed by atoms with Crippen molar-refractivity contribution >= 4 is 29.0 Å². The van der Waals surface area contributed by atoms with Gasteiger partial charge in [0.1, 0.15) is 5.82 Å². The number of fused-ring (bicyclic) bond motifs is 1. The molecule has 1 heterocycles. The lowest BCUT2D eigenvalue weighted by molar-refractivity contribution is 0.432. The molecule has 5 heteroatoms. The molecule has 0 saturated carbocycles. The van der Waals surface area contributed by atoms with Crippen molar-refractivity contribution in [3.8, 4) is 5.69 Å². The fraction of sp³-hybridized carbons (Fsp3) is 0.400. The largest absolute Gasteiger partial charge is 0.383 e. The standard InChI is InChI=1S/C15H17Cl2N3/c1-15(2)7-3-4-12-13(15)14(18)20(19-12)9-5-6-10(16)11(17)8-9/h5-6,8H,3-4,7,18H2,1-2H3. The lowest BCUT2D eigenvalue weighted by Crippen LogP contribution is -2.24. The minimum absolute atomic E-state index is 0.0755. The lowest BCUT2D eigenvalue weighted by atomic mass is 9.75. The topological polar surface area (TPSA) is 43.8 Å². The van der Waals surface area contributed by atoms with Gasteiger partial charge < -0.3 is 5.73 Å². The van der Waals surface area contributed by atoms with Crippen LogP contribution in [0.3, 0.4) is 0 Å². The molecule has 0 unspecified atom stereocenters. The van der Waals surface area contributed by atoms with Gasteiger partial charge >= 0.3 is 0 Å². The number of hydrogen-bond acceptors (Lipinski definition) is 2. The van der Waals surface area contributed by atoms with E-state index in [0.29, 0.717) is 15.9 Å². The van der Waals surface area contributed by atoms with Gasteiger partial charge in [0, 0.05) is 5.56 Å². The highest BCUT2D eigenvalue weighted by molar-refractivity contribution is 6.42. The van der Waals surface area contributed by atoms with Crippen LogP contribution in [0, 0.1) is 0 Å². The van der Waals surface area contributed by atoms with Gasteiger partial charge in [-0.3, -0.25) is 0 Å². The minimum Gasteiger partial charge on any atom is -0.383 e. The Kier molecular flexibility index (Phi) is 3.22. The summed E-state index contributed by atoms with van der Waals surface area (Å²) in [5, 5.41) is 5.72. The molecule has 20 heavy (non-hydrogen) atoms. The van der Waals surface area contributed by atoms with Gasteiger partial charge in [0.05, 0.1) is 21.4 Å². The van der Waals surface area contributed by atoms with E-state index in [1.807, 2.05) is 6.07 Å². The van der Waals surface area contributed by atoms with Crippen molar-refractivity contribution in [2.45, 2.75) is 38.5 Å². The monoisotopic (exact) mass is 309 g/mol. The second kappa shape index (κ2) is 4.68. The zero-order valence-electron chi connectivity index (χ0n) is 11.6. The van der Waals surface area contributed by atoms with Crippen molar-refractivity contribution in [2.24, 2.45) is 0 Å². The van der Waals surface area contributed by atoms with Crippen LogP contribution in [0.5, 0.6) is 0 Å². The highest BCUT2D eigenvalue weighted by atomic mass is 35.5. The van der Waals surface area contributed by atoms with E-state index in [4.69, 9.17) is 28.9 Å². The van der Waals surface area contributed by atoms with E-state index in [1.165, 1.54) is 5.56 Å². The predicted molar refractivity (Wildman–Crippen MR) is 84.0 cm³/mol. The summed E-state index contributed by atoms with van der Waals surface area (Å²) in [5.41, 5.74) is 9.55. The van der Waals surface area contributed by atoms with E-state index in [1.54, 1.807) is 16.8 Å². The Morgan fingerprint density at radius 3 is 2.65 bits per heavy atom. The minimum atomic E-state index is 0.0755. The van der Waals surface area contributed by atoms with E-state index in [9.17, 15) is 0 Å². The molecule has 3 nitrogen and oxygen atoms in total. The van der Waals surface area contributed by atoms with Crippen LogP contribution in [0.2, 0.25) is 10.0 Å². The summed E-state index contributed by atoms with van der Waals surface area (Å²) in [6, 6.07) is 5.45. The first-order valence-electron chi connectivity index (χ1n) is 6.73. The second-order valence-electron chi connectivity index (χ2n) is 5.95. The molecule has 0 amide bonds. The van der Waals surface area contributed by atoms with Crippen LogP contribution in [0.25, 0.3) is 5.69 Å². The predicted octanol–water partition coefficient (Wildman–Crippen LogP) is 4.38. The summed E-state index contributed by atoms with van der Waals surface area (Å²) >= 11 is 12.0. The van der Waals surface area contributed by atoms with Crippen LogP contribution in [-0.4, -0.2) is 9.78 Å². The van der Waals surface area contributed by atoms with Gasteiger partial charge in [0.15, 0.2) is 0 Å². The van der Waals surface area contributed by atoms with Gasteiger partial charge in [-0.05, 0) is 42.9 Å². The molecule has 2 N–H and O–H groups in total. The van der Waals surface area contributed by atoms with Gasteiger partial charge in [-0.25, -0.2) is 4.68 Å². The molecule has 2 aromatic rings. The van der Waals surface area contributed by atoms with Crippen LogP contribution in [0.15, 0.2) is 18.2 Å². The summed E-state index contributed by atoms with van der Waals surface area (Å²) in [6.45, 7) is 4.45. The molecular weight excluding hydrogens is 293 g/mol. The second-order valence-corrected chi connectivity index (χ2v) is 6.77. The van der Waals surface area contributed by atoms with Crippen LogP contribution < -0.4 is 5.73 Å². The summed E-state index contributed by atoms with van der Waals surface area (Å²) in [5.74, 6) is 0.711. The molecule has 1 aliphatic carbocycles. The molecule has 3 rings (SSSR count). The number of nitrogens with two attached hydrogens (primary N) is 1. The molecule has 1 aliphatic rings. The third-order valence-electron chi connectivity index (χ3n) is 4.03. The Balaban J connectivity index is 2.16. The van der Waals surface area contributed by atoms with Crippen LogP contribution in [0.1, 0.15) is 37.9 Å². The molecule has 0 spiro atoms. The van der Waals surface area contributed by atoms with Gasteiger partial charge in [-0.2, -0.15) is 5.10 Å². The van der Waals surface area contributed by atoms with E-state index in [-0.39, 0.29) is 5.41 Å². The maximum atomic E-state index is 6.34. The zero-order valence-corrected chi connectivity index (χ0v) is 13.1. The molecule has 1 aromatic carbocycles. The number of anilines is 1. The van der Waals surface area contributed by atoms with Gasteiger partial charge in [0.25, 0.3) is 0 Å². The van der Waals surface area contributed by atoms with Crippen molar-refractivity contribution in [3.05, 3.63) is 39.5 Å². The lowest BCUT2D eigenvalue weighted by Gasteiger charge is -2.29. The van der Waals surface area contributed by atoms with E-state index in [2.05, 4.69) is 18.9 Å². The smallest absolute Gasteiger partial charge is 0.131 e. The Morgan fingerprint density at radius 2 is 2.00 bits per heavy atom. The Labute approximate surface area is 128 Å². The molecule has 0 aliphatic heterocycles. The quantitative estimate of drug-likeness (QED) is 0.849. The molecule has 0 fully saturated rings. The Hall–Kier alpha value is -1.19.